The molecule has 2 heterocycles. The maximum absolute atomic E-state index is 6.55. The van der Waals surface area contributed by atoms with Crippen LogP contribution in [0.2, 0.25) is 5.02 Å². The lowest BCUT2D eigenvalue weighted by Crippen LogP contribution is -2.34. The van der Waals surface area contributed by atoms with Crippen molar-refractivity contribution in [2.24, 2.45) is 5.92 Å². The molecule has 1 unspecified atom stereocenters. The molecule has 4 aromatic rings. The largest absolute Gasteiger partial charge is 0.497 e. The van der Waals surface area contributed by atoms with E-state index in [2.05, 4.69) is 51.4 Å². The van der Waals surface area contributed by atoms with E-state index in [0.717, 1.165) is 33.3 Å². The number of hydrogen-bond acceptors (Lipinski definition) is 6. The van der Waals surface area contributed by atoms with E-state index in [1.54, 1.807) is 13.3 Å². The van der Waals surface area contributed by atoms with Crippen LogP contribution >= 0.6 is 11.6 Å². The molecule has 0 bridgehead atoms. The first kappa shape index (κ1) is 23.9. The average molecular weight is 477 g/mol. The Morgan fingerprint density at radius 3 is 2.44 bits per heavy atom. The molecule has 0 radical (unpaired) electrons. The Hall–Kier alpha value is -3.29. The van der Waals surface area contributed by atoms with Gasteiger partial charge in [-0.1, -0.05) is 61.8 Å². The van der Waals surface area contributed by atoms with Crippen molar-refractivity contribution in [3.05, 3.63) is 101 Å². The van der Waals surface area contributed by atoms with Crippen LogP contribution in [0.3, 0.4) is 0 Å². The molecule has 0 saturated carbocycles. The summed E-state index contributed by atoms with van der Waals surface area (Å²) in [5.74, 6) is 1.89. The summed E-state index contributed by atoms with van der Waals surface area (Å²) in [5.41, 5.74) is 3.28. The highest BCUT2D eigenvalue weighted by atomic mass is 35.5. The summed E-state index contributed by atoms with van der Waals surface area (Å²) in [7, 11) is 1.66. The molecule has 8 heteroatoms. The normalized spacial score (nSPS) is 12.3. The van der Waals surface area contributed by atoms with Gasteiger partial charge in [-0.2, -0.15) is 0 Å². The molecule has 1 atom stereocenters. The van der Waals surface area contributed by atoms with Crippen LogP contribution in [0.1, 0.15) is 42.4 Å². The highest BCUT2D eigenvalue weighted by Gasteiger charge is 2.30. The van der Waals surface area contributed by atoms with Crippen molar-refractivity contribution in [3.63, 3.8) is 0 Å². The van der Waals surface area contributed by atoms with Crippen molar-refractivity contribution in [3.8, 4) is 5.75 Å². The zero-order valence-electron chi connectivity index (χ0n) is 19.7. The second kappa shape index (κ2) is 11.2. The Labute approximate surface area is 205 Å². The monoisotopic (exact) mass is 476 g/mol. The summed E-state index contributed by atoms with van der Waals surface area (Å²) in [6.07, 6.45) is 3.69. The Morgan fingerprint density at radius 2 is 1.76 bits per heavy atom. The van der Waals surface area contributed by atoms with E-state index in [4.69, 9.17) is 16.3 Å². The number of nitrogens with zero attached hydrogens (tertiary/aromatic N) is 6. The number of rotatable bonds is 10. The van der Waals surface area contributed by atoms with Crippen molar-refractivity contribution >= 4 is 11.6 Å². The van der Waals surface area contributed by atoms with Gasteiger partial charge in [0.2, 0.25) is 0 Å². The number of methoxy groups -OCH3 is 1. The molecule has 0 spiro atoms. The lowest BCUT2D eigenvalue weighted by molar-refractivity contribution is 0.126. The second-order valence-electron chi connectivity index (χ2n) is 8.59. The van der Waals surface area contributed by atoms with Crippen LogP contribution in [-0.2, 0) is 19.6 Å². The molecular weight excluding hydrogens is 448 g/mol. The van der Waals surface area contributed by atoms with Crippen molar-refractivity contribution in [2.75, 3.05) is 7.11 Å². The van der Waals surface area contributed by atoms with Gasteiger partial charge in [0.15, 0.2) is 5.82 Å². The fourth-order valence-electron chi connectivity index (χ4n) is 4.15. The molecule has 0 fully saturated rings. The van der Waals surface area contributed by atoms with Gasteiger partial charge in [-0.05, 0) is 57.3 Å². The third kappa shape index (κ3) is 5.79. The Bertz CT molecular complexity index is 1180. The third-order valence-corrected chi connectivity index (χ3v) is 6.15. The SMILES string of the molecule is COc1ccc(Cn2nnnc2C(C(C)C)N(Cc2cccnc2)Cc2ccccc2Cl)cc1. The zero-order valence-corrected chi connectivity index (χ0v) is 20.4. The van der Waals surface area contributed by atoms with Gasteiger partial charge in [0, 0.05) is 30.5 Å². The predicted molar refractivity (Wildman–Crippen MR) is 132 cm³/mol. The molecule has 0 aliphatic heterocycles. The number of tetrazole rings is 1. The van der Waals surface area contributed by atoms with Gasteiger partial charge in [0.1, 0.15) is 5.75 Å². The lowest BCUT2D eigenvalue weighted by Gasteiger charge is -2.34. The number of ether oxygens (including phenoxy) is 1. The predicted octanol–water partition coefficient (Wildman–Crippen LogP) is 5.18. The molecule has 176 valence electrons. The summed E-state index contributed by atoms with van der Waals surface area (Å²) < 4.78 is 7.17. The summed E-state index contributed by atoms with van der Waals surface area (Å²) in [6, 6.07) is 19.9. The molecule has 0 amide bonds. The third-order valence-electron chi connectivity index (χ3n) is 5.78. The molecule has 4 rings (SSSR count). The number of pyridine rings is 1. The van der Waals surface area contributed by atoms with Gasteiger partial charge >= 0.3 is 0 Å². The molecule has 7 nitrogen and oxygen atoms in total. The van der Waals surface area contributed by atoms with E-state index in [-0.39, 0.29) is 12.0 Å². The molecule has 0 saturated heterocycles. The van der Waals surface area contributed by atoms with E-state index in [1.165, 1.54) is 0 Å². The van der Waals surface area contributed by atoms with Gasteiger partial charge < -0.3 is 4.74 Å². The standard InChI is InChI=1S/C26H29ClN6O/c1-19(2)25(26-29-30-31-33(26)17-20-10-12-23(34-3)13-11-20)32(16-21-7-6-14-28-15-21)18-22-8-4-5-9-24(22)27/h4-15,19,25H,16-18H2,1-3H3. The van der Waals surface area contributed by atoms with Crippen molar-refractivity contribution < 1.29 is 4.74 Å². The van der Waals surface area contributed by atoms with Crippen molar-refractivity contribution in [2.45, 2.75) is 39.5 Å². The Balaban J connectivity index is 1.68. The maximum atomic E-state index is 6.55. The van der Waals surface area contributed by atoms with Gasteiger partial charge in [-0.15, -0.1) is 5.10 Å². The van der Waals surface area contributed by atoms with Crippen LogP contribution in [-0.4, -0.2) is 37.2 Å². The van der Waals surface area contributed by atoms with Gasteiger partial charge in [-0.3, -0.25) is 9.88 Å². The highest BCUT2D eigenvalue weighted by Crippen LogP contribution is 2.31. The average Bonchev–Trinajstić information content (AvgIpc) is 3.29. The highest BCUT2D eigenvalue weighted by molar-refractivity contribution is 6.31. The van der Waals surface area contributed by atoms with E-state index in [9.17, 15) is 0 Å². The Kier molecular flexibility index (Phi) is 7.87. The van der Waals surface area contributed by atoms with E-state index in [1.807, 2.05) is 59.4 Å². The minimum Gasteiger partial charge on any atom is -0.497 e. The maximum Gasteiger partial charge on any atom is 0.169 e. The first-order valence-electron chi connectivity index (χ1n) is 11.3. The molecule has 0 aliphatic carbocycles. The van der Waals surface area contributed by atoms with Crippen LogP contribution in [0.15, 0.2) is 73.1 Å². The number of benzene rings is 2. The fourth-order valence-corrected chi connectivity index (χ4v) is 4.34. The zero-order chi connectivity index (χ0) is 23.9. The number of aromatic nitrogens is 5. The Morgan fingerprint density at radius 1 is 0.971 bits per heavy atom. The molecular formula is C26H29ClN6O. The molecule has 2 aromatic heterocycles. The summed E-state index contributed by atoms with van der Waals surface area (Å²) in [6.45, 7) is 6.31. The van der Waals surface area contributed by atoms with Crippen LogP contribution in [0.4, 0.5) is 0 Å². The van der Waals surface area contributed by atoms with Crippen molar-refractivity contribution in [1.29, 1.82) is 0 Å². The van der Waals surface area contributed by atoms with E-state index in [0.29, 0.717) is 19.6 Å². The molecule has 0 aliphatic rings. The minimum absolute atomic E-state index is 0.0373. The van der Waals surface area contributed by atoms with Crippen LogP contribution < -0.4 is 4.74 Å². The second-order valence-corrected chi connectivity index (χ2v) is 9.00. The number of hydrogen-bond donors (Lipinski definition) is 0. The van der Waals surface area contributed by atoms with Crippen LogP contribution in [0, 0.1) is 5.92 Å². The lowest BCUT2D eigenvalue weighted by atomic mass is 9.99. The summed E-state index contributed by atoms with van der Waals surface area (Å²) in [4.78, 5) is 6.68. The summed E-state index contributed by atoms with van der Waals surface area (Å²) in [5, 5.41) is 13.6. The topological polar surface area (TPSA) is 69.0 Å². The summed E-state index contributed by atoms with van der Waals surface area (Å²) >= 11 is 6.55. The fraction of sp³-hybridized carbons (Fsp3) is 0.308. The molecule has 0 N–H and O–H groups in total. The minimum atomic E-state index is -0.0373. The van der Waals surface area contributed by atoms with Crippen molar-refractivity contribution in [1.82, 2.24) is 30.1 Å². The van der Waals surface area contributed by atoms with Gasteiger partial charge in [0.05, 0.1) is 19.7 Å². The molecule has 34 heavy (non-hydrogen) atoms. The van der Waals surface area contributed by atoms with Crippen LogP contribution in [0.5, 0.6) is 5.75 Å². The first-order valence-corrected chi connectivity index (χ1v) is 11.7. The van der Waals surface area contributed by atoms with Crippen LogP contribution in [0.25, 0.3) is 0 Å². The van der Waals surface area contributed by atoms with Gasteiger partial charge in [-0.25, -0.2) is 4.68 Å². The molecule has 2 aromatic carbocycles. The quantitative estimate of drug-likeness (QED) is 0.314. The number of halogens is 1. The van der Waals surface area contributed by atoms with E-state index < -0.39 is 0 Å². The van der Waals surface area contributed by atoms with E-state index >= 15 is 0 Å². The smallest absolute Gasteiger partial charge is 0.169 e. The van der Waals surface area contributed by atoms with Gasteiger partial charge in [0.25, 0.3) is 0 Å². The first-order chi connectivity index (χ1) is 16.5.